The van der Waals surface area contributed by atoms with Gasteiger partial charge in [-0.1, -0.05) is 30.3 Å². The summed E-state index contributed by atoms with van der Waals surface area (Å²) in [7, 11) is 5.61. The molecule has 0 saturated heterocycles. The Balaban J connectivity index is 2.09. The number of carbonyl (C=O) groups excluding carboxylic acids is 1. The van der Waals surface area contributed by atoms with Gasteiger partial charge in [0.15, 0.2) is 0 Å². The Bertz CT molecular complexity index is 680. The highest BCUT2D eigenvalue weighted by atomic mass is 16.2. The molecular weight excluding hydrogens is 312 g/mol. The molecule has 0 fully saturated rings. The molecule has 25 heavy (non-hydrogen) atoms. The molecule has 2 amide bonds. The number of aromatic nitrogens is 1. The number of nitrogens with zero attached hydrogens (tertiary/aromatic N) is 4. The first-order valence-electron chi connectivity index (χ1n) is 8.53. The van der Waals surface area contributed by atoms with E-state index in [-0.39, 0.29) is 6.03 Å². The van der Waals surface area contributed by atoms with Crippen LogP contribution in [0.25, 0.3) is 0 Å². The van der Waals surface area contributed by atoms with Gasteiger partial charge in [0.25, 0.3) is 0 Å². The van der Waals surface area contributed by atoms with Crippen molar-refractivity contribution in [3.8, 4) is 0 Å². The van der Waals surface area contributed by atoms with Crippen LogP contribution in [-0.2, 0) is 6.54 Å². The van der Waals surface area contributed by atoms with E-state index >= 15 is 0 Å². The minimum Gasteiger partial charge on any atom is -0.330 e. The van der Waals surface area contributed by atoms with Crippen LogP contribution in [-0.4, -0.2) is 55.0 Å². The van der Waals surface area contributed by atoms with Crippen LogP contribution in [0.5, 0.6) is 0 Å². The number of carbonyl (C=O) groups is 1. The van der Waals surface area contributed by atoms with Crippen molar-refractivity contribution in [2.24, 2.45) is 0 Å². The van der Waals surface area contributed by atoms with Gasteiger partial charge in [-0.3, -0.25) is 4.90 Å². The van der Waals surface area contributed by atoms with Crippen molar-refractivity contribution in [3.05, 3.63) is 59.3 Å². The van der Waals surface area contributed by atoms with Gasteiger partial charge >= 0.3 is 6.03 Å². The summed E-state index contributed by atoms with van der Waals surface area (Å²) in [5.41, 5.74) is 3.29. The molecule has 0 aliphatic carbocycles. The smallest absolute Gasteiger partial charge is 0.325 e. The molecule has 5 heteroatoms. The van der Waals surface area contributed by atoms with E-state index in [9.17, 15) is 4.79 Å². The molecule has 2 aromatic rings. The molecule has 0 N–H and O–H groups in total. The third-order valence-electron chi connectivity index (χ3n) is 3.97. The van der Waals surface area contributed by atoms with Crippen LogP contribution >= 0.6 is 0 Å². The van der Waals surface area contributed by atoms with Crippen molar-refractivity contribution < 1.29 is 4.79 Å². The van der Waals surface area contributed by atoms with Crippen molar-refractivity contribution >= 4 is 11.8 Å². The van der Waals surface area contributed by atoms with Crippen LogP contribution in [0.3, 0.4) is 0 Å². The highest BCUT2D eigenvalue weighted by Gasteiger charge is 2.19. The largest absolute Gasteiger partial charge is 0.330 e. The second-order valence-corrected chi connectivity index (χ2v) is 6.70. The zero-order valence-electron chi connectivity index (χ0n) is 15.9. The minimum absolute atomic E-state index is 0.0504. The second kappa shape index (κ2) is 8.62. The maximum absolute atomic E-state index is 12.6. The van der Waals surface area contributed by atoms with Crippen LogP contribution in [0.4, 0.5) is 10.6 Å². The first kappa shape index (κ1) is 18.9. The molecule has 1 aromatic heterocycles. The molecule has 0 bridgehead atoms. The number of aryl methyl sites for hydroxylation is 2. The Morgan fingerprint density at radius 2 is 1.68 bits per heavy atom. The summed E-state index contributed by atoms with van der Waals surface area (Å²) in [6.07, 6.45) is 0. The van der Waals surface area contributed by atoms with Crippen LogP contribution in [0.1, 0.15) is 16.8 Å². The van der Waals surface area contributed by atoms with E-state index in [2.05, 4.69) is 29.1 Å². The summed E-state index contributed by atoms with van der Waals surface area (Å²) in [4.78, 5) is 22.8. The lowest BCUT2D eigenvalue weighted by molar-refractivity contribution is 0.222. The number of hydrogen-bond donors (Lipinski definition) is 0. The number of urea groups is 1. The fourth-order valence-electron chi connectivity index (χ4n) is 2.75. The first-order valence-corrected chi connectivity index (χ1v) is 8.53. The Morgan fingerprint density at radius 1 is 1.00 bits per heavy atom. The van der Waals surface area contributed by atoms with Crippen molar-refractivity contribution in [3.63, 3.8) is 0 Å². The number of amides is 2. The monoisotopic (exact) mass is 340 g/mol. The first-order chi connectivity index (χ1) is 11.9. The summed E-state index contributed by atoms with van der Waals surface area (Å²) in [6, 6.07) is 14.3. The average Bonchev–Trinajstić information content (AvgIpc) is 2.54. The molecule has 0 atom stereocenters. The third-order valence-corrected chi connectivity index (χ3v) is 3.97. The van der Waals surface area contributed by atoms with E-state index in [1.54, 1.807) is 23.9 Å². The van der Waals surface area contributed by atoms with Gasteiger partial charge in [-0.05, 0) is 44.2 Å². The summed E-state index contributed by atoms with van der Waals surface area (Å²) >= 11 is 0. The van der Waals surface area contributed by atoms with Crippen LogP contribution in [0.15, 0.2) is 42.5 Å². The fourth-order valence-corrected chi connectivity index (χ4v) is 2.75. The molecular formula is C20H28N4O. The fraction of sp³-hybridized carbons (Fsp3) is 0.400. The predicted molar refractivity (Wildman–Crippen MR) is 103 cm³/mol. The third kappa shape index (κ3) is 5.57. The SMILES string of the molecule is Cc1cc(C)nc(N(CCN(C)Cc2ccccc2)C(=O)N(C)C)c1. The average molecular weight is 340 g/mol. The van der Waals surface area contributed by atoms with Crippen molar-refractivity contribution in [2.75, 3.05) is 39.1 Å². The number of hydrogen-bond acceptors (Lipinski definition) is 3. The Labute approximate surface area is 150 Å². The van der Waals surface area contributed by atoms with Gasteiger partial charge in [-0.15, -0.1) is 0 Å². The van der Waals surface area contributed by atoms with Crippen LogP contribution in [0.2, 0.25) is 0 Å². The van der Waals surface area contributed by atoms with Crippen LogP contribution in [0, 0.1) is 13.8 Å². The highest BCUT2D eigenvalue weighted by molar-refractivity contribution is 5.90. The Hall–Kier alpha value is -2.40. The van der Waals surface area contributed by atoms with E-state index in [4.69, 9.17) is 0 Å². The van der Waals surface area contributed by atoms with Gasteiger partial charge in [0, 0.05) is 39.4 Å². The standard InChI is InChI=1S/C20H28N4O/c1-16-13-17(2)21-19(14-16)24(20(25)22(3)4)12-11-23(5)15-18-9-7-6-8-10-18/h6-10,13-14H,11-12,15H2,1-5H3. The van der Waals surface area contributed by atoms with Crippen LogP contribution < -0.4 is 4.90 Å². The lowest BCUT2D eigenvalue weighted by Gasteiger charge is -2.28. The van der Waals surface area contributed by atoms with E-state index in [0.717, 1.165) is 24.3 Å². The molecule has 134 valence electrons. The number of pyridine rings is 1. The summed E-state index contributed by atoms with van der Waals surface area (Å²) in [5.74, 6) is 0.712. The molecule has 0 radical (unpaired) electrons. The second-order valence-electron chi connectivity index (χ2n) is 6.70. The van der Waals surface area contributed by atoms with E-state index in [1.165, 1.54) is 5.56 Å². The van der Waals surface area contributed by atoms with Gasteiger partial charge in [-0.2, -0.15) is 0 Å². The van der Waals surface area contributed by atoms with Gasteiger partial charge < -0.3 is 9.80 Å². The van der Waals surface area contributed by atoms with Gasteiger partial charge in [0.1, 0.15) is 5.82 Å². The lowest BCUT2D eigenvalue weighted by atomic mass is 10.2. The van der Waals surface area contributed by atoms with E-state index in [0.29, 0.717) is 12.4 Å². The predicted octanol–water partition coefficient (Wildman–Crippen LogP) is 3.32. The zero-order valence-corrected chi connectivity index (χ0v) is 15.9. The molecule has 0 aliphatic rings. The molecule has 2 rings (SSSR count). The van der Waals surface area contributed by atoms with E-state index < -0.39 is 0 Å². The number of likely N-dealkylation sites (N-methyl/N-ethyl adjacent to an activating group) is 1. The summed E-state index contributed by atoms with van der Waals surface area (Å²) in [6.45, 7) is 6.19. The lowest BCUT2D eigenvalue weighted by Crippen LogP contribution is -2.43. The Kier molecular flexibility index (Phi) is 6.53. The quantitative estimate of drug-likeness (QED) is 0.810. The van der Waals surface area contributed by atoms with Gasteiger partial charge in [-0.25, -0.2) is 9.78 Å². The topological polar surface area (TPSA) is 39.7 Å². The molecule has 0 saturated carbocycles. The van der Waals surface area contributed by atoms with Crippen molar-refractivity contribution in [1.29, 1.82) is 0 Å². The molecule has 0 unspecified atom stereocenters. The Morgan fingerprint density at radius 3 is 2.28 bits per heavy atom. The normalized spacial score (nSPS) is 10.8. The maximum Gasteiger partial charge on any atom is 0.325 e. The van der Waals surface area contributed by atoms with E-state index in [1.807, 2.05) is 44.2 Å². The maximum atomic E-state index is 12.6. The van der Waals surface area contributed by atoms with Gasteiger partial charge in [0.2, 0.25) is 0 Å². The zero-order chi connectivity index (χ0) is 18.4. The molecule has 5 nitrogen and oxygen atoms in total. The summed E-state index contributed by atoms with van der Waals surface area (Å²) in [5, 5.41) is 0. The van der Waals surface area contributed by atoms with Crippen molar-refractivity contribution in [1.82, 2.24) is 14.8 Å². The molecule has 1 aromatic carbocycles. The minimum atomic E-state index is -0.0504. The highest BCUT2D eigenvalue weighted by Crippen LogP contribution is 2.16. The molecule has 1 heterocycles. The number of rotatable bonds is 6. The van der Waals surface area contributed by atoms with Crippen molar-refractivity contribution in [2.45, 2.75) is 20.4 Å². The van der Waals surface area contributed by atoms with Gasteiger partial charge in [0.05, 0.1) is 0 Å². The number of benzene rings is 1. The molecule has 0 aliphatic heterocycles. The number of anilines is 1. The summed E-state index contributed by atoms with van der Waals surface area (Å²) < 4.78 is 0. The molecule has 0 spiro atoms.